The van der Waals surface area contributed by atoms with Crippen molar-refractivity contribution in [1.29, 1.82) is 0 Å². The summed E-state index contributed by atoms with van der Waals surface area (Å²) in [5.74, 6) is 1.77. The average Bonchev–Trinajstić information content (AvgIpc) is 3.26. The van der Waals surface area contributed by atoms with Crippen LogP contribution in [0.1, 0.15) is 48.9 Å². The molecule has 2 aromatic rings. The number of anilines is 2. The molecule has 3 aliphatic rings. The summed E-state index contributed by atoms with van der Waals surface area (Å²) >= 11 is 0. The van der Waals surface area contributed by atoms with Crippen LogP contribution < -0.4 is 20.7 Å². The molecule has 0 radical (unpaired) electrons. The van der Waals surface area contributed by atoms with Crippen molar-refractivity contribution >= 4 is 17.4 Å². The summed E-state index contributed by atoms with van der Waals surface area (Å²) in [5, 5.41) is 3.49. The third-order valence-corrected chi connectivity index (χ3v) is 6.74. The van der Waals surface area contributed by atoms with E-state index in [1.165, 1.54) is 22.5 Å². The first-order valence-electron chi connectivity index (χ1n) is 10.4. The molecule has 3 heterocycles. The summed E-state index contributed by atoms with van der Waals surface area (Å²) in [4.78, 5) is 22.8. The number of carbonyl (C=O) groups excluding carboxylic acids is 1. The Morgan fingerprint density at radius 1 is 1.34 bits per heavy atom. The molecule has 0 saturated carbocycles. The number of hydrogen-bond donors (Lipinski definition) is 2. The molecule has 7 nitrogen and oxygen atoms in total. The summed E-state index contributed by atoms with van der Waals surface area (Å²) in [6, 6.07) is 6.14. The number of hydrogen-bond acceptors (Lipinski definition) is 6. The van der Waals surface area contributed by atoms with Crippen LogP contribution in [0.4, 0.5) is 11.5 Å². The van der Waals surface area contributed by atoms with Gasteiger partial charge in [-0.15, -0.1) is 0 Å². The van der Waals surface area contributed by atoms with E-state index >= 15 is 0 Å². The minimum absolute atomic E-state index is 0.0619. The van der Waals surface area contributed by atoms with Gasteiger partial charge >= 0.3 is 0 Å². The first-order valence-corrected chi connectivity index (χ1v) is 10.4. The lowest BCUT2D eigenvalue weighted by molar-refractivity contribution is -0.119. The molecular weight excluding hydrogens is 366 g/mol. The van der Waals surface area contributed by atoms with Gasteiger partial charge in [0.15, 0.2) is 6.61 Å². The number of amides is 1. The van der Waals surface area contributed by atoms with E-state index in [4.69, 9.17) is 15.5 Å². The van der Waals surface area contributed by atoms with Gasteiger partial charge in [-0.3, -0.25) is 4.79 Å². The Hall–Kier alpha value is -2.67. The number of primary amides is 1. The lowest BCUT2D eigenvalue weighted by atomic mass is 9.75. The van der Waals surface area contributed by atoms with Crippen LogP contribution in [0.3, 0.4) is 0 Å². The van der Waals surface area contributed by atoms with Gasteiger partial charge in [0.1, 0.15) is 17.9 Å². The van der Waals surface area contributed by atoms with E-state index < -0.39 is 5.91 Å². The van der Waals surface area contributed by atoms with Crippen LogP contribution in [0.5, 0.6) is 5.75 Å². The maximum Gasteiger partial charge on any atom is 0.255 e. The van der Waals surface area contributed by atoms with Crippen LogP contribution in [-0.4, -0.2) is 42.1 Å². The van der Waals surface area contributed by atoms with Crippen molar-refractivity contribution in [3.8, 4) is 5.75 Å². The fraction of sp³-hybridized carbons (Fsp3) is 0.500. The van der Waals surface area contributed by atoms with Gasteiger partial charge in [-0.1, -0.05) is 6.92 Å². The van der Waals surface area contributed by atoms with Crippen LogP contribution >= 0.6 is 0 Å². The number of aryl methyl sites for hydroxylation is 1. The molecule has 1 aliphatic carbocycles. The molecular formula is C22H27N5O2. The summed E-state index contributed by atoms with van der Waals surface area (Å²) in [6.45, 7) is 5.08. The zero-order chi connectivity index (χ0) is 20.0. The summed E-state index contributed by atoms with van der Waals surface area (Å²) in [7, 11) is 0. The minimum atomic E-state index is -0.464. The molecule has 7 heteroatoms. The van der Waals surface area contributed by atoms with Crippen molar-refractivity contribution in [1.82, 2.24) is 15.3 Å². The largest absolute Gasteiger partial charge is 0.484 e. The van der Waals surface area contributed by atoms with Gasteiger partial charge in [-0.25, -0.2) is 9.97 Å². The Labute approximate surface area is 170 Å². The van der Waals surface area contributed by atoms with E-state index in [-0.39, 0.29) is 12.0 Å². The van der Waals surface area contributed by atoms with E-state index in [1.54, 1.807) is 6.33 Å². The zero-order valence-electron chi connectivity index (χ0n) is 16.8. The molecule has 2 aliphatic heterocycles. The van der Waals surface area contributed by atoms with E-state index in [2.05, 4.69) is 34.3 Å². The second-order valence-electron chi connectivity index (χ2n) is 8.55. The average molecular weight is 393 g/mol. The molecule has 29 heavy (non-hydrogen) atoms. The van der Waals surface area contributed by atoms with E-state index in [0.29, 0.717) is 11.7 Å². The standard InChI is InChI=1S/C22H27N5O2/c1-14-2-4-17-20(14)21(26-13-25-17)27-12-22(6-8-24-9-7-22)16-10-15(3-5-18(16)27)29-11-19(23)28/h3,5,10,13-14,24H,2,4,6-9,11-12H2,1H3,(H2,23,28)/t14-/m1/s1. The normalized spacial score (nSPS) is 21.8. The molecule has 1 saturated heterocycles. The smallest absolute Gasteiger partial charge is 0.255 e. The molecule has 0 bridgehead atoms. The predicted octanol–water partition coefficient (Wildman–Crippen LogP) is 2.16. The highest BCUT2D eigenvalue weighted by molar-refractivity contribution is 5.76. The van der Waals surface area contributed by atoms with Crippen LogP contribution in [0.2, 0.25) is 0 Å². The van der Waals surface area contributed by atoms with Gasteiger partial charge in [0.05, 0.1) is 0 Å². The lowest BCUT2D eigenvalue weighted by Crippen LogP contribution is -2.42. The zero-order valence-corrected chi connectivity index (χ0v) is 16.8. The van der Waals surface area contributed by atoms with Crippen LogP contribution in [-0.2, 0) is 16.6 Å². The van der Waals surface area contributed by atoms with Crippen LogP contribution in [0.25, 0.3) is 0 Å². The molecule has 1 spiro atoms. The number of rotatable bonds is 4. The van der Waals surface area contributed by atoms with Crippen molar-refractivity contribution in [2.24, 2.45) is 5.73 Å². The Kier molecular flexibility index (Phi) is 4.42. The van der Waals surface area contributed by atoms with Crippen LogP contribution in [0, 0.1) is 0 Å². The Morgan fingerprint density at radius 3 is 2.97 bits per heavy atom. The number of nitrogens with one attached hydrogen (secondary N) is 1. The van der Waals surface area contributed by atoms with E-state index in [0.717, 1.165) is 51.1 Å². The molecule has 152 valence electrons. The number of piperidine rings is 1. The summed E-state index contributed by atoms with van der Waals surface area (Å²) in [6.07, 6.45) is 6.01. The summed E-state index contributed by atoms with van der Waals surface area (Å²) in [5.41, 5.74) is 10.3. The SMILES string of the molecule is C[C@@H]1CCc2ncnc(N3CC4(CCNCC4)c4cc(OCC(N)=O)ccc43)c21. The van der Waals surface area contributed by atoms with Crippen molar-refractivity contribution in [2.45, 2.75) is 43.9 Å². The van der Waals surface area contributed by atoms with E-state index in [9.17, 15) is 4.79 Å². The molecule has 1 amide bonds. The maximum atomic E-state index is 11.1. The number of fused-ring (bicyclic) bond motifs is 3. The van der Waals surface area contributed by atoms with Gasteiger partial charge in [0.25, 0.3) is 5.91 Å². The topological polar surface area (TPSA) is 93.4 Å². The molecule has 1 aromatic heterocycles. The number of ether oxygens (including phenoxy) is 1. The number of nitrogens with two attached hydrogens (primary N) is 1. The third-order valence-electron chi connectivity index (χ3n) is 6.74. The fourth-order valence-corrected chi connectivity index (χ4v) is 5.25. The van der Waals surface area contributed by atoms with Crippen LogP contribution in [0.15, 0.2) is 24.5 Å². The van der Waals surface area contributed by atoms with Crippen molar-refractivity contribution in [3.05, 3.63) is 41.3 Å². The molecule has 1 atom stereocenters. The highest BCUT2D eigenvalue weighted by atomic mass is 16.5. The number of aromatic nitrogens is 2. The van der Waals surface area contributed by atoms with Crippen molar-refractivity contribution < 1.29 is 9.53 Å². The number of nitrogens with zero attached hydrogens (tertiary/aromatic N) is 3. The lowest BCUT2D eigenvalue weighted by Gasteiger charge is -2.35. The number of benzene rings is 1. The van der Waals surface area contributed by atoms with Crippen molar-refractivity contribution in [2.75, 3.05) is 31.1 Å². The molecule has 0 unspecified atom stereocenters. The Bertz CT molecular complexity index is 954. The quantitative estimate of drug-likeness (QED) is 0.827. The first kappa shape index (κ1) is 18.4. The molecule has 1 fully saturated rings. The fourth-order valence-electron chi connectivity index (χ4n) is 5.25. The third kappa shape index (κ3) is 3.04. The first-order chi connectivity index (χ1) is 14.1. The monoisotopic (exact) mass is 393 g/mol. The Morgan fingerprint density at radius 2 is 2.17 bits per heavy atom. The number of carbonyl (C=O) groups is 1. The van der Waals surface area contributed by atoms with Gasteiger partial charge in [-0.05, 0) is 68.5 Å². The van der Waals surface area contributed by atoms with Gasteiger partial charge in [0.2, 0.25) is 0 Å². The highest BCUT2D eigenvalue weighted by Gasteiger charge is 2.45. The molecule has 3 N–H and O–H groups in total. The minimum Gasteiger partial charge on any atom is -0.484 e. The van der Waals surface area contributed by atoms with Gasteiger partial charge < -0.3 is 20.7 Å². The highest BCUT2D eigenvalue weighted by Crippen LogP contribution is 2.51. The molecule has 1 aromatic carbocycles. The predicted molar refractivity (Wildman–Crippen MR) is 111 cm³/mol. The van der Waals surface area contributed by atoms with Gasteiger partial charge in [0, 0.05) is 28.9 Å². The van der Waals surface area contributed by atoms with Gasteiger partial charge in [-0.2, -0.15) is 0 Å². The maximum absolute atomic E-state index is 11.1. The second-order valence-corrected chi connectivity index (χ2v) is 8.55. The van der Waals surface area contributed by atoms with E-state index in [1.807, 2.05) is 6.07 Å². The summed E-state index contributed by atoms with van der Waals surface area (Å²) < 4.78 is 5.62. The van der Waals surface area contributed by atoms with Crippen molar-refractivity contribution in [3.63, 3.8) is 0 Å². The Balaban J connectivity index is 1.59. The second kappa shape index (κ2) is 6.99. The molecule has 5 rings (SSSR count).